The van der Waals surface area contributed by atoms with Crippen molar-refractivity contribution in [2.45, 2.75) is 19.6 Å². The van der Waals surface area contributed by atoms with Gasteiger partial charge in [0.05, 0.1) is 16.3 Å². The van der Waals surface area contributed by atoms with E-state index in [-0.39, 0.29) is 12.1 Å². The first-order chi connectivity index (χ1) is 9.77. The van der Waals surface area contributed by atoms with E-state index in [2.05, 4.69) is 5.32 Å². The predicted molar refractivity (Wildman–Crippen MR) is 74.9 cm³/mol. The molecule has 0 saturated heterocycles. The molecule has 2 rings (SSSR count). The third kappa shape index (κ3) is 3.88. The second-order valence-electron chi connectivity index (χ2n) is 4.64. The number of nitrogens with one attached hydrogen (secondary N) is 1. The fraction of sp³-hybridized carbons (Fsp3) is 0.200. The van der Waals surface area contributed by atoms with Crippen molar-refractivity contribution in [3.8, 4) is 0 Å². The molecular formula is C15H12ClF4N. The molecule has 2 aromatic rings. The molecule has 0 aliphatic rings. The number of halogens is 5. The van der Waals surface area contributed by atoms with E-state index in [9.17, 15) is 17.6 Å². The zero-order chi connectivity index (χ0) is 15.6. The van der Waals surface area contributed by atoms with E-state index in [1.165, 1.54) is 0 Å². The SMILES string of the molecule is Cc1ccc(NCc2ccc(F)cc2C(F)(F)F)c(Cl)c1. The van der Waals surface area contributed by atoms with Gasteiger partial charge in [0, 0.05) is 6.54 Å². The van der Waals surface area contributed by atoms with Gasteiger partial charge in [-0.1, -0.05) is 23.7 Å². The minimum atomic E-state index is -4.60. The van der Waals surface area contributed by atoms with Crippen LogP contribution in [0, 0.1) is 12.7 Å². The molecule has 0 unspecified atom stereocenters. The first-order valence-electron chi connectivity index (χ1n) is 6.13. The average Bonchev–Trinajstić information content (AvgIpc) is 2.38. The lowest BCUT2D eigenvalue weighted by Crippen LogP contribution is -2.12. The lowest BCUT2D eigenvalue weighted by molar-refractivity contribution is -0.138. The van der Waals surface area contributed by atoms with Crippen LogP contribution in [-0.2, 0) is 12.7 Å². The topological polar surface area (TPSA) is 12.0 Å². The number of benzene rings is 2. The summed E-state index contributed by atoms with van der Waals surface area (Å²) in [7, 11) is 0. The molecule has 6 heteroatoms. The zero-order valence-electron chi connectivity index (χ0n) is 11.1. The van der Waals surface area contributed by atoms with Gasteiger partial charge in [-0.25, -0.2) is 4.39 Å². The van der Waals surface area contributed by atoms with Gasteiger partial charge < -0.3 is 5.32 Å². The number of hydrogen-bond acceptors (Lipinski definition) is 1. The van der Waals surface area contributed by atoms with Crippen molar-refractivity contribution in [3.63, 3.8) is 0 Å². The Bertz CT molecular complexity index is 653. The van der Waals surface area contributed by atoms with Crippen molar-refractivity contribution in [1.82, 2.24) is 0 Å². The van der Waals surface area contributed by atoms with Crippen LogP contribution < -0.4 is 5.32 Å². The maximum Gasteiger partial charge on any atom is 0.416 e. The highest BCUT2D eigenvalue weighted by atomic mass is 35.5. The van der Waals surface area contributed by atoms with Crippen LogP contribution in [0.5, 0.6) is 0 Å². The van der Waals surface area contributed by atoms with Crippen LogP contribution in [0.15, 0.2) is 36.4 Å². The minimum Gasteiger partial charge on any atom is -0.380 e. The molecule has 0 atom stereocenters. The summed E-state index contributed by atoms with van der Waals surface area (Å²) in [6.45, 7) is 1.76. The second-order valence-corrected chi connectivity index (χ2v) is 5.04. The van der Waals surface area contributed by atoms with E-state index in [4.69, 9.17) is 11.6 Å². The molecule has 112 valence electrons. The summed E-state index contributed by atoms with van der Waals surface area (Å²) >= 11 is 6.01. The number of aryl methyl sites for hydroxylation is 1. The van der Waals surface area contributed by atoms with Crippen molar-refractivity contribution in [1.29, 1.82) is 0 Å². The van der Waals surface area contributed by atoms with Crippen LogP contribution in [0.4, 0.5) is 23.2 Å². The van der Waals surface area contributed by atoms with E-state index >= 15 is 0 Å². The molecule has 0 radical (unpaired) electrons. The van der Waals surface area contributed by atoms with Gasteiger partial charge in [-0.2, -0.15) is 13.2 Å². The zero-order valence-corrected chi connectivity index (χ0v) is 11.8. The van der Waals surface area contributed by atoms with E-state index in [0.29, 0.717) is 16.8 Å². The highest BCUT2D eigenvalue weighted by Gasteiger charge is 2.33. The molecule has 0 heterocycles. The third-order valence-electron chi connectivity index (χ3n) is 2.97. The summed E-state index contributed by atoms with van der Waals surface area (Å²) in [6.07, 6.45) is -4.60. The summed E-state index contributed by atoms with van der Waals surface area (Å²) in [6, 6.07) is 7.81. The maximum absolute atomic E-state index is 13.0. The molecule has 1 nitrogen and oxygen atoms in total. The van der Waals surface area contributed by atoms with Gasteiger partial charge in [-0.3, -0.25) is 0 Å². The van der Waals surface area contributed by atoms with Crippen LogP contribution in [0.2, 0.25) is 5.02 Å². The molecule has 0 aliphatic carbocycles. The summed E-state index contributed by atoms with van der Waals surface area (Å²) in [5.41, 5.74) is 0.446. The van der Waals surface area contributed by atoms with Crippen molar-refractivity contribution < 1.29 is 17.6 Å². The van der Waals surface area contributed by atoms with Crippen LogP contribution in [-0.4, -0.2) is 0 Å². The van der Waals surface area contributed by atoms with E-state index in [1.54, 1.807) is 18.2 Å². The van der Waals surface area contributed by atoms with Gasteiger partial charge in [0.25, 0.3) is 0 Å². The van der Waals surface area contributed by atoms with Gasteiger partial charge in [-0.05, 0) is 42.3 Å². The quantitative estimate of drug-likeness (QED) is 0.745. The average molecular weight is 318 g/mol. The molecule has 2 aromatic carbocycles. The van der Waals surface area contributed by atoms with Gasteiger partial charge in [-0.15, -0.1) is 0 Å². The highest BCUT2D eigenvalue weighted by Crippen LogP contribution is 2.33. The lowest BCUT2D eigenvalue weighted by atomic mass is 10.1. The van der Waals surface area contributed by atoms with Crippen LogP contribution in [0.3, 0.4) is 0 Å². The summed E-state index contributed by atoms with van der Waals surface area (Å²) < 4.78 is 51.6. The lowest BCUT2D eigenvalue weighted by Gasteiger charge is -2.15. The molecule has 0 aromatic heterocycles. The number of alkyl halides is 3. The monoisotopic (exact) mass is 317 g/mol. The smallest absolute Gasteiger partial charge is 0.380 e. The third-order valence-corrected chi connectivity index (χ3v) is 3.28. The van der Waals surface area contributed by atoms with Crippen molar-refractivity contribution in [2.75, 3.05) is 5.32 Å². The maximum atomic E-state index is 13.0. The number of anilines is 1. The summed E-state index contributed by atoms with van der Waals surface area (Å²) in [5.74, 6) is -0.917. The van der Waals surface area contributed by atoms with Gasteiger partial charge in [0.15, 0.2) is 0 Å². The Morgan fingerprint density at radius 3 is 2.43 bits per heavy atom. The van der Waals surface area contributed by atoms with Gasteiger partial charge in [0.2, 0.25) is 0 Å². The molecule has 0 spiro atoms. The number of rotatable bonds is 3. The molecule has 0 aliphatic heterocycles. The highest BCUT2D eigenvalue weighted by molar-refractivity contribution is 6.33. The molecule has 0 amide bonds. The first-order valence-corrected chi connectivity index (χ1v) is 6.51. The van der Waals surface area contributed by atoms with Crippen LogP contribution in [0.25, 0.3) is 0 Å². The number of hydrogen-bond donors (Lipinski definition) is 1. The van der Waals surface area contributed by atoms with Crippen molar-refractivity contribution in [3.05, 3.63) is 63.9 Å². The fourth-order valence-electron chi connectivity index (χ4n) is 1.92. The molecule has 21 heavy (non-hydrogen) atoms. The van der Waals surface area contributed by atoms with Gasteiger partial charge in [0.1, 0.15) is 5.82 Å². The Kier molecular flexibility index (Phi) is 4.42. The molecule has 0 bridgehead atoms. The predicted octanol–water partition coefficient (Wildman–Crippen LogP) is 5.42. The normalized spacial score (nSPS) is 11.5. The molecule has 1 N–H and O–H groups in total. The van der Waals surface area contributed by atoms with Crippen LogP contribution >= 0.6 is 11.6 Å². The Morgan fingerprint density at radius 2 is 1.81 bits per heavy atom. The van der Waals surface area contributed by atoms with Crippen LogP contribution in [0.1, 0.15) is 16.7 Å². The largest absolute Gasteiger partial charge is 0.416 e. The Morgan fingerprint density at radius 1 is 1.10 bits per heavy atom. The van der Waals surface area contributed by atoms with Gasteiger partial charge >= 0.3 is 6.18 Å². The minimum absolute atomic E-state index is 0.0412. The van der Waals surface area contributed by atoms with Crippen molar-refractivity contribution >= 4 is 17.3 Å². The van der Waals surface area contributed by atoms with E-state index in [0.717, 1.165) is 17.7 Å². The second kappa shape index (κ2) is 5.93. The fourth-order valence-corrected chi connectivity index (χ4v) is 2.22. The van der Waals surface area contributed by atoms with E-state index < -0.39 is 17.6 Å². The van der Waals surface area contributed by atoms with Crippen molar-refractivity contribution in [2.24, 2.45) is 0 Å². The van der Waals surface area contributed by atoms with E-state index in [1.807, 2.05) is 6.92 Å². The Balaban J connectivity index is 2.24. The molecule has 0 fully saturated rings. The Hall–Kier alpha value is -1.75. The summed E-state index contributed by atoms with van der Waals surface area (Å²) in [4.78, 5) is 0. The standard InChI is InChI=1S/C15H12ClF4N/c1-9-2-5-14(13(16)6-9)21-8-10-3-4-11(17)7-12(10)15(18,19)20/h2-7,21H,8H2,1H3. The summed E-state index contributed by atoms with van der Waals surface area (Å²) in [5, 5.41) is 3.26. The Labute approximate surface area is 124 Å². The molecule has 0 saturated carbocycles. The first kappa shape index (κ1) is 15.6. The molecular weight excluding hydrogens is 306 g/mol.